The maximum absolute atomic E-state index is 13.7. The summed E-state index contributed by atoms with van der Waals surface area (Å²) in [6.07, 6.45) is 4.30. The molecule has 3 rings (SSSR count). The molecule has 0 unspecified atom stereocenters. The van der Waals surface area contributed by atoms with E-state index in [2.05, 4.69) is 20.9 Å². The van der Waals surface area contributed by atoms with Crippen molar-refractivity contribution in [2.75, 3.05) is 17.7 Å². The fourth-order valence-electron chi connectivity index (χ4n) is 2.65. The van der Waals surface area contributed by atoms with Gasteiger partial charge in [-0.3, -0.25) is 19.4 Å². The monoisotopic (exact) mass is 418 g/mol. The number of carbonyl (C=O) groups is 3. The lowest BCUT2D eigenvalue weighted by Gasteiger charge is -2.11. The summed E-state index contributed by atoms with van der Waals surface area (Å²) >= 11 is 0. The Morgan fingerprint density at radius 3 is 2.35 bits per heavy atom. The smallest absolute Gasteiger partial charge is 0.274 e. The highest BCUT2D eigenvalue weighted by Gasteiger charge is 2.12. The molecule has 3 N–H and O–H groups in total. The molecule has 8 heteroatoms. The molecule has 1 heterocycles. The average Bonchev–Trinajstić information content (AvgIpc) is 2.79. The van der Waals surface area contributed by atoms with Crippen LogP contribution in [0.1, 0.15) is 26.4 Å². The van der Waals surface area contributed by atoms with Gasteiger partial charge in [0.15, 0.2) is 0 Å². The SMILES string of the molecule is CNC(=O)c1ccc(C=CC(=O)Nc2cc(F)ccc2NC(=O)c2ccccn2)cc1. The molecule has 0 aliphatic rings. The van der Waals surface area contributed by atoms with Crippen molar-refractivity contribution >= 4 is 35.2 Å². The van der Waals surface area contributed by atoms with Gasteiger partial charge in [-0.05, 0) is 54.1 Å². The quantitative estimate of drug-likeness (QED) is 0.534. The second-order valence-electron chi connectivity index (χ2n) is 6.38. The molecule has 0 fully saturated rings. The van der Waals surface area contributed by atoms with Gasteiger partial charge in [0.1, 0.15) is 11.5 Å². The Kier molecular flexibility index (Phi) is 6.85. The number of halogens is 1. The number of hydrogen-bond acceptors (Lipinski definition) is 4. The van der Waals surface area contributed by atoms with E-state index >= 15 is 0 Å². The third-order valence-electron chi connectivity index (χ3n) is 4.21. The highest BCUT2D eigenvalue weighted by Crippen LogP contribution is 2.23. The molecule has 0 radical (unpaired) electrons. The van der Waals surface area contributed by atoms with E-state index in [9.17, 15) is 18.8 Å². The molecule has 0 spiro atoms. The predicted octanol–water partition coefficient (Wildman–Crippen LogP) is 3.48. The Morgan fingerprint density at radius 1 is 0.903 bits per heavy atom. The first-order valence-corrected chi connectivity index (χ1v) is 9.29. The van der Waals surface area contributed by atoms with Crippen LogP contribution in [0.3, 0.4) is 0 Å². The number of amides is 3. The van der Waals surface area contributed by atoms with Crippen molar-refractivity contribution in [2.24, 2.45) is 0 Å². The van der Waals surface area contributed by atoms with E-state index in [1.165, 1.54) is 30.5 Å². The predicted molar refractivity (Wildman–Crippen MR) is 116 cm³/mol. The molecule has 7 nitrogen and oxygen atoms in total. The van der Waals surface area contributed by atoms with Crippen LogP contribution in [0.4, 0.5) is 15.8 Å². The maximum Gasteiger partial charge on any atom is 0.274 e. The molecule has 1 aromatic heterocycles. The van der Waals surface area contributed by atoms with Crippen LogP contribution in [-0.2, 0) is 4.79 Å². The van der Waals surface area contributed by atoms with Crippen LogP contribution < -0.4 is 16.0 Å². The molecule has 3 amide bonds. The van der Waals surface area contributed by atoms with Gasteiger partial charge >= 0.3 is 0 Å². The Hall–Kier alpha value is -4.33. The lowest BCUT2D eigenvalue weighted by Crippen LogP contribution is -2.17. The summed E-state index contributed by atoms with van der Waals surface area (Å²) < 4.78 is 13.7. The van der Waals surface area contributed by atoms with Crippen LogP contribution in [0.25, 0.3) is 6.08 Å². The Bertz CT molecular complexity index is 1130. The number of nitrogens with zero attached hydrogens (tertiary/aromatic N) is 1. The minimum atomic E-state index is -0.570. The van der Waals surface area contributed by atoms with E-state index in [1.807, 2.05) is 0 Å². The van der Waals surface area contributed by atoms with Crippen LogP contribution in [0.2, 0.25) is 0 Å². The van der Waals surface area contributed by atoms with Gasteiger partial charge in [-0.1, -0.05) is 18.2 Å². The summed E-state index contributed by atoms with van der Waals surface area (Å²) in [5, 5.41) is 7.69. The van der Waals surface area contributed by atoms with Gasteiger partial charge in [0.05, 0.1) is 11.4 Å². The fourth-order valence-corrected chi connectivity index (χ4v) is 2.65. The normalized spacial score (nSPS) is 10.5. The number of rotatable bonds is 6. The van der Waals surface area contributed by atoms with Crippen molar-refractivity contribution < 1.29 is 18.8 Å². The number of pyridine rings is 1. The van der Waals surface area contributed by atoms with Crippen molar-refractivity contribution in [1.82, 2.24) is 10.3 Å². The topological polar surface area (TPSA) is 100 Å². The minimum absolute atomic E-state index is 0.105. The Balaban J connectivity index is 1.70. The van der Waals surface area contributed by atoms with Gasteiger partial charge in [0, 0.05) is 24.9 Å². The van der Waals surface area contributed by atoms with E-state index in [0.717, 1.165) is 6.07 Å². The molecule has 0 aliphatic carbocycles. The lowest BCUT2D eigenvalue weighted by atomic mass is 10.1. The average molecular weight is 418 g/mol. The first-order valence-electron chi connectivity index (χ1n) is 9.29. The van der Waals surface area contributed by atoms with Crippen molar-refractivity contribution in [2.45, 2.75) is 0 Å². The van der Waals surface area contributed by atoms with Gasteiger partial charge < -0.3 is 16.0 Å². The molecule has 0 saturated carbocycles. The van der Waals surface area contributed by atoms with Crippen LogP contribution in [-0.4, -0.2) is 29.8 Å². The molecular formula is C23H19FN4O3. The van der Waals surface area contributed by atoms with Gasteiger partial charge in [-0.2, -0.15) is 0 Å². The maximum atomic E-state index is 13.7. The zero-order valence-corrected chi connectivity index (χ0v) is 16.6. The van der Waals surface area contributed by atoms with E-state index in [-0.39, 0.29) is 23.0 Å². The highest BCUT2D eigenvalue weighted by molar-refractivity contribution is 6.08. The van der Waals surface area contributed by atoms with Gasteiger partial charge in [-0.15, -0.1) is 0 Å². The fraction of sp³-hybridized carbons (Fsp3) is 0.0435. The molecule has 0 atom stereocenters. The number of benzene rings is 2. The molecule has 31 heavy (non-hydrogen) atoms. The third kappa shape index (κ3) is 5.83. The van der Waals surface area contributed by atoms with Crippen molar-refractivity contribution in [1.29, 1.82) is 0 Å². The molecule has 0 bridgehead atoms. The highest BCUT2D eigenvalue weighted by atomic mass is 19.1. The summed E-state index contributed by atoms with van der Waals surface area (Å²) in [5.41, 5.74) is 1.72. The van der Waals surface area contributed by atoms with E-state index in [4.69, 9.17) is 0 Å². The van der Waals surface area contributed by atoms with Gasteiger partial charge in [-0.25, -0.2) is 4.39 Å². The first kappa shape index (κ1) is 21.4. The number of carbonyl (C=O) groups excluding carboxylic acids is 3. The number of anilines is 2. The minimum Gasteiger partial charge on any atom is -0.355 e. The summed E-state index contributed by atoms with van der Waals surface area (Å²) in [6, 6.07) is 15.2. The largest absolute Gasteiger partial charge is 0.355 e. The number of hydrogen-bond donors (Lipinski definition) is 3. The van der Waals surface area contributed by atoms with Gasteiger partial charge in [0.25, 0.3) is 11.8 Å². The summed E-state index contributed by atoms with van der Waals surface area (Å²) in [4.78, 5) is 40.2. The standard InChI is InChI=1S/C23H19FN4O3/c1-25-22(30)16-8-5-15(6-9-16)7-12-21(29)27-20-14-17(24)10-11-18(20)28-23(31)19-4-2-3-13-26-19/h2-14H,1H3,(H,25,30)(H,27,29)(H,28,31). The Labute approximate surface area is 178 Å². The lowest BCUT2D eigenvalue weighted by molar-refractivity contribution is -0.111. The molecule has 156 valence electrons. The van der Waals surface area contributed by atoms with Crippen molar-refractivity contribution in [3.05, 3.63) is 95.6 Å². The van der Waals surface area contributed by atoms with Crippen LogP contribution in [0, 0.1) is 5.82 Å². The summed E-state index contributed by atoms with van der Waals surface area (Å²) in [5.74, 6) is -1.79. The van der Waals surface area contributed by atoms with E-state index in [0.29, 0.717) is 11.1 Å². The number of nitrogens with one attached hydrogen (secondary N) is 3. The van der Waals surface area contributed by atoms with Crippen LogP contribution >= 0.6 is 0 Å². The second kappa shape index (κ2) is 9.93. The molecular weight excluding hydrogens is 399 g/mol. The second-order valence-corrected chi connectivity index (χ2v) is 6.38. The Morgan fingerprint density at radius 2 is 1.68 bits per heavy atom. The zero-order chi connectivity index (χ0) is 22.2. The van der Waals surface area contributed by atoms with E-state index < -0.39 is 17.6 Å². The zero-order valence-electron chi connectivity index (χ0n) is 16.6. The molecule has 0 aliphatic heterocycles. The summed E-state index contributed by atoms with van der Waals surface area (Å²) in [6.45, 7) is 0. The van der Waals surface area contributed by atoms with Crippen LogP contribution in [0.15, 0.2) is 72.9 Å². The van der Waals surface area contributed by atoms with E-state index in [1.54, 1.807) is 49.5 Å². The first-order chi connectivity index (χ1) is 15.0. The van der Waals surface area contributed by atoms with Crippen molar-refractivity contribution in [3.63, 3.8) is 0 Å². The molecule has 2 aromatic carbocycles. The molecule has 3 aromatic rings. The van der Waals surface area contributed by atoms with Crippen molar-refractivity contribution in [3.8, 4) is 0 Å². The van der Waals surface area contributed by atoms with Crippen LogP contribution in [0.5, 0.6) is 0 Å². The third-order valence-corrected chi connectivity index (χ3v) is 4.21. The number of aromatic nitrogens is 1. The summed E-state index contributed by atoms with van der Waals surface area (Å²) in [7, 11) is 1.54. The molecule has 0 saturated heterocycles. The van der Waals surface area contributed by atoms with Gasteiger partial charge in [0.2, 0.25) is 5.91 Å².